The van der Waals surface area contributed by atoms with Crippen molar-refractivity contribution in [3.63, 3.8) is 0 Å². The van der Waals surface area contributed by atoms with E-state index in [1.165, 1.54) is 11.3 Å². The zero-order valence-electron chi connectivity index (χ0n) is 14.1. The molecule has 2 N–H and O–H groups in total. The number of thiophene rings is 1. The number of hydrogen-bond donors (Lipinski definition) is 2. The van der Waals surface area contributed by atoms with Crippen LogP contribution < -0.4 is 16.6 Å². The van der Waals surface area contributed by atoms with E-state index in [2.05, 4.69) is 15.4 Å². The van der Waals surface area contributed by atoms with E-state index in [4.69, 9.17) is 0 Å². The van der Waals surface area contributed by atoms with Gasteiger partial charge in [0, 0.05) is 31.0 Å². The molecule has 9 heteroatoms. The number of carbonyl (C=O) groups is 1. The molecule has 0 fully saturated rings. The summed E-state index contributed by atoms with van der Waals surface area (Å²) in [5.74, 6) is -0.286. The van der Waals surface area contributed by atoms with Gasteiger partial charge in [0.2, 0.25) is 0 Å². The maximum atomic E-state index is 12.4. The topological polar surface area (TPSA) is 102 Å². The molecule has 1 amide bonds. The number of fused-ring (bicyclic) bond motifs is 1. The Morgan fingerprint density at radius 2 is 2.11 bits per heavy atom. The Labute approximate surface area is 156 Å². The van der Waals surface area contributed by atoms with Crippen molar-refractivity contribution < 1.29 is 4.79 Å². The van der Waals surface area contributed by atoms with Crippen LogP contribution >= 0.6 is 11.3 Å². The molecule has 0 aliphatic heterocycles. The summed E-state index contributed by atoms with van der Waals surface area (Å²) in [6.45, 7) is 0.247. The van der Waals surface area contributed by atoms with Crippen LogP contribution in [0.25, 0.3) is 15.9 Å². The Hall–Kier alpha value is -3.46. The first kappa shape index (κ1) is 17.0. The van der Waals surface area contributed by atoms with E-state index in [1.54, 1.807) is 52.8 Å². The Morgan fingerprint density at radius 1 is 1.22 bits per heavy atom. The quantitative estimate of drug-likeness (QED) is 0.545. The molecule has 0 saturated heterocycles. The zero-order chi connectivity index (χ0) is 18.8. The largest absolute Gasteiger partial charge is 0.350 e. The molecule has 0 unspecified atom stereocenters. The molecule has 136 valence electrons. The van der Waals surface area contributed by atoms with E-state index in [0.717, 1.165) is 10.3 Å². The maximum absolute atomic E-state index is 12.4. The first-order valence-electron chi connectivity index (χ1n) is 8.22. The van der Waals surface area contributed by atoms with Gasteiger partial charge in [0.15, 0.2) is 0 Å². The van der Waals surface area contributed by atoms with Crippen LogP contribution in [0, 0.1) is 0 Å². The molecule has 0 radical (unpaired) electrons. The van der Waals surface area contributed by atoms with Crippen molar-refractivity contribution in [2.24, 2.45) is 0 Å². The summed E-state index contributed by atoms with van der Waals surface area (Å²) >= 11 is 1.27. The van der Waals surface area contributed by atoms with Gasteiger partial charge in [-0.1, -0.05) is 6.07 Å². The van der Waals surface area contributed by atoms with E-state index >= 15 is 0 Å². The lowest BCUT2D eigenvalue weighted by molar-refractivity contribution is 0.0952. The fraction of sp³-hybridized carbons (Fsp3) is 0.111. The van der Waals surface area contributed by atoms with Crippen molar-refractivity contribution in [3.8, 4) is 5.69 Å². The van der Waals surface area contributed by atoms with Gasteiger partial charge >= 0.3 is 5.69 Å². The van der Waals surface area contributed by atoms with Crippen molar-refractivity contribution in [1.82, 2.24) is 24.6 Å². The first-order chi connectivity index (χ1) is 13.1. The second kappa shape index (κ2) is 7.04. The van der Waals surface area contributed by atoms with Crippen LogP contribution in [-0.2, 0) is 6.54 Å². The molecule has 0 aliphatic carbocycles. The number of hydrogen-bond acceptors (Lipinski definition) is 5. The highest BCUT2D eigenvalue weighted by atomic mass is 32.1. The van der Waals surface area contributed by atoms with Gasteiger partial charge in [-0.25, -0.2) is 9.48 Å². The lowest BCUT2D eigenvalue weighted by Crippen LogP contribution is -2.38. The average molecular weight is 381 g/mol. The zero-order valence-corrected chi connectivity index (χ0v) is 14.9. The molecule has 1 aromatic carbocycles. The van der Waals surface area contributed by atoms with Crippen LogP contribution in [0.4, 0.5) is 0 Å². The summed E-state index contributed by atoms with van der Waals surface area (Å²) in [7, 11) is 0. The van der Waals surface area contributed by atoms with Crippen molar-refractivity contribution >= 4 is 27.5 Å². The molecular formula is C18H15N5O3S. The third kappa shape index (κ3) is 3.32. The summed E-state index contributed by atoms with van der Waals surface area (Å²) in [4.78, 5) is 39.5. The minimum absolute atomic E-state index is 0.0899. The van der Waals surface area contributed by atoms with Gasteiger partial charge in [-0.2, -0.15) is 5.10 Å². The number of carbonyl (C=O) groups excluding carboxylic acids is 1. The third-order valence-corrected chi connectivity index (χ3v) is 4.99. The molecule has 3 aromatic heterocycles. The number of aromatic amines is 1. The van der Waals surface area contributed by atoms with Crippen molar-refractivity contribution in [2.45, 2.75) is 6.54 Å². The Kier molecular flexibility index (Phi) is 4.43. The van der Waals surface area contributed by atoms with Crippen LogP contribution in [-0.4, -0.2) is 31.8 Å². The Morgan fingerprint density at radius 3 is 2.93 bits per heavy atom. The highest BCUT2D eigenvalue weighted by molar-refractivity contribution is 7.17. The predicted molar refractivity (Wildman–Crippen MR) is 103 cm³/mol. The monoisotopic (exact) mass is 381 g/mol. The normalized spacial score (nSPS) is 11.0. The van der Waals surface area contributed by atoms with Crippen molar-refractivity contribution in [1.29, 1.82) is 0 Å². The smallest absolute Gasteiger partial charge is 0.328 e. The number of amides is 1. The number of benzene rings is 1. The van der Waals surface area contributed by atoms with Crippen LogP contribution in [0.15, 0.2) is 63.8 Å². The molecule has 27 heavy (non-hydrogen) atoms. The molecule has 8 nitrogen and oxygen atoms in total. The van der Waals surface area contributed by atoms with E-state index in [9.17, 15) is 14.4 Å². The molecule has 4 rings (SSSR count). The number of nitrogens with one attached hydrogen (secondary N) is 2. The predicted octanol–water partition coefficient (Wildman–Crippen LogP) is 1.37. The number of aromatic nitrogens is 4. The van der Waals surface area contributed by atoms with Crippen LogP contribution in [0.3, 0.4) is 0 Å². The molecule has 0 bridgehead atoms. The Bertz CT molecular complexity index is 1220. The molecular weight excluding hydrogens is 366 g/mol. The van der Waals surface area contributed by atoms with Gasteiger partial charge in [0.05, 0.1) is 11.2 Å². The molecule has 0 aliphatic rings. The lowest BCUT2D eigenvalue weighted by atomic mass is 10.2. The van der Waals surface area contributed by atoms with Gasteiger partial charge in [-0.15, -0.1) is 11.3 Å². The lowest BCUT2D eigenvalue weighted by Gasteiger charge is -2.08. The average Bonchev–Trinajstić information content (AvgIpc) is 3.36. The molecule has 0 atom stereocenters. The minimum atomic E-state index is -0.485. The highest BCUT2D eigenvalue weighted by Crippen LogP contribution is 2.12. The third-order valence-electron chi connectivity index (χ3n) is 4.09. The molecule has 0 spiro atoms. The van der Waals surface area contributed by atoms with E-state index < -0.39 is 5.69 Å². The summed E-state index contributed by atoms with van der Waals surface area (Å²) in [6, 6.07) is 10.5. The van der Waals surface area contributed by atoms with Gasteiger partial charge in [-0.05, 0) is 35.7 Å². The molecule has 4 aromatic rings. The summed E-state index contributed by atoms with van der Waals surface area (Å²) in [5.41, 5.74) is 0.937. The molecule has 3 heterocycles. The minimum Gasteiger partial charge on any atom is -0.350 e. The summed E-state index contributed by atoms with van der Waals surface area (Å²) < 4.78 is 3.25. The highest BCUT2D eigenvalue weighted by Gasteiger charge is 2.10. The number of H-pyrrole nitrogens is 1. The van der Waals surface area contributed by atoms with Gasteiger partial charge < -0.3 is 10.3 Å². The van der Waals surface area contributed by atoms with E-state index in [0.29, 0.717) is 15.8 Å². The van der Waals surface area contributed by atoms with Crippen molar-refractivity contribution in [2.75, 3.05) is 6.54 Å². The number of nitrogens with zero attached hydrogens (tertiary/aromatic N) is 3. The van der Waals surface area contributed by atoms with E-state index in [-0.39, 0.29) is 24.6 Å². The molecule has 0 saturated carbocycles. The van der Waals surface area contributed by atoms with Gasteiger partial charge in [0.25, 0.3) is 11.5 Å². The van der Waals surface area contributed by atoms with Gasteiger partial charge in [-0.3, -0.25) is 14.2 Å². The van der Waals surface area contributed by atoms with Crippen molar-refractivity contribution in [3.05, 3.63) is 80.6 Å². The van der Waals surface area contributed by atoms with E-state index in [1.807, 2.05) is 6.07 Å². The standard InChI is InChI=1S/C18H15N5O3S/c24-16(12-3-1-4-13(11-12)23-8-2-6-20-23)19-7-9-22-17(25)15-14(5-10-27-15)21-18(22)26/h1-6,8,10-11H,7,9H2,(H,19,24)(H,21,26). The summed E-state index contributed by atoms with van der Waals surface area (Å²) in [6.07, 6.45) is 3.45. The van der Waals surface area contributed by atoms with Crippen LogP contribution in [0.5, 0.6) is 0 Å². The maximum Gasteiger partial charge on any atom is 0.328 e. The van der Waals surface area contributed by atoms with Crippen LogP contribution in [0.1, 0.15) is 10.4 Å². The second-order valence-corrected chi connectivity index (χ2v) is 6.72. The van der Waals surface area contributed by atoms with Crippen LogP contribution in [0.2, 0.25) is 0 Å². The SMILES string of the molecule is O=C(NCCn1c(=O)[nH]c2ccsc2c1=O)c1cccc(-n2cccn2)c1. The van der Waals surface area contributed by atoms with Gasteiger partial charge in [0.1, 0.15) is 4.70 Å². The first-order valence-corrected chi connectivity index (χ1v) is 9.10. The second-order valence-electron chi connectivity index (χ2n) is 5.81. The number of rotatable bonds is 5. The Balaban J connectivity index is 1.47. The summed E-state index contributed by atoms with van der Waals surface area (Å²) in [5, 5.41) is 8.63. The fourth-order valence-electron chi connectivity index (χ4n) is 2.77. The fourth-order valence-corrected chi connectivity index (χ4v) is 3.57.